The van der Waals surface area contributed by atoms with E-state index in [0.717, 1.165) is 6.92 Å². The third-order valence-corrected chi connectivity index (χ3v) is 13.3. The summed E-state index contributed by atoms with van der Waals surface area (Å²) in [6.45, 7) is -0.968. The molecule has 2 N–H and O–H groups in total. The van der Waals surface area contributed by atoms with E-state index in [0.29, 0.717) is 0 Å². The summed E-state index contributed by atoms with van der Waals surface area (Å²) >= 11 is 0. The molecule has 3 rings (SSSR count). The lowest BCUT2D eigenvalue weighted by molar-refractivity contribution is -0.246. The molecule has 0 aromatic rings. The zero-order chi connectivity index (χ0) is 35.4. The van der Waals surface area contributed by atoms with Gasteiger partial charge in [0, 0.05) is 25.0 Å². The summed E-state index contributed by atoms with van der Waals surface area (Å²) in [6.07, 6.45) is -10.6. The average Bonchev–Trinajstić information content (AvgIpc) is 3.58. The van der Waals surface area contributed by atoms with Gasteiger partial charge in [0.05, 0.1) is 44.2 Å². The van der Waals surface area contributed by atoms with E-state index < -0.39 is 120 Å². The zero-order valence-electron chi connectivity index (χ0n) is 24.7. The van der Waals surface area contributed by atoms with E-state index in [9.17, 15) is 56.8 Å². The van der Waals surface area contributed by atoms with E-state index in [2.05, 4.69) is 13.1 Å². The molecule has 14 atom stereocenters. The molecule has 3 saturated heterocycles. The van der Waals surface area contributed by atoms with E-state index in [1.54, 1.807) is 6.92 Å². The van der Waals surface area contributed by atoms with Gasteiger partial charge in [0.2, 0.25) is 0 Å². The van der Waals surface area contributed by atoms with Gasteiger partial charge in [0.25, 0.3) is 23.5 Å². The highest BCUT2D eigenvalue weighted by molar-refractivity contribution is 7.66. The van der Waals surface area contributed by atoms with Crippen LogP contribution in [0.4, 0.5) is 4.39 Å². The quantitative estimate of drug-likeness (QED) is 0.116. The zero-order valence-corrected chi connectivity index (χ0v) is 29.2. The van der Waals surface area contributed by atoms with Crippen LogP contribution in [0.15, 0.2) is 0 Å². The molecule has 0 aliphatic carbocycles. The lowest BCUT2D eigenvalue weighted by Crippen LogP contribution is -2.33. The fourth-order valence-corrected chi connectivity index (χ4v) is 9.99. The molecule has 28 heteroatoms. The molecule has 0 aromatic carbocycles. The molecule has 0 aromatic heterocycles. The topological polar surface area (TPSA) is 310 Å². The van der Waals surface area contributed by atoms with Gasteiger partial charge in [0.15, 0.2) is 0 Å². The molecule has 47 heavy (non-hydrogen) atoms. The Kier molecular flexibility index (Phi) is 15.1. The Bertz CT molecular complexity index is 1290. The van der Waals surface area contributed by atoms with Gasteiger partial charge in [-0.25, -0.2) is 13.3 Å². The summed E-state index contributed by atoms with van der Waals surface area (Å²) in [7, 11) is -21.4. The van der Waals surface area contributed by atoms with E-state index >= 15 is 0 Å². The van der Waals surface area contributed by atoms with Crippen molar-refractivity contribution in [2.45, 2.75) is 87.9 Å². The van der Waals surface area contributed by atoms with Gasteiger partial charge in [-0.2, -0.15) is 0 Å². The highest BCUT2D eigenvalue weighted by Crippen LogP contribution is 2.62. The summed E-state index contributed by atoms with van der Waals surface area (Å²) in [5.74, 6) is 0. The summed E-state index contributed by atoms with van der Waals surface area (Å²) in [5, 5.41) is 9.91. The number of phosphoric acid groups is 4. The highest BCUT2D eigenvalue weighted by atomic mass is 31.3. The van der Waals surface area contributed by atoms with Gasteiger partial charge in [0.1, 0.15) is 46.5 Å². The van der Waals surface area contributed by atoms with Crippen LogP contribution in [0.1, 0.15) is 33.1 Å². The Balaban J connectivity index is 1.54. The molecule has 0 amide bonds. The Morgan fingerprint density at radius 3 is 1.94 bits per heavy atom. The van der Waals surface area contributed by atoms with E-state index in [4.69, 9.17) is 40.2 Å². The van der Waals surface area contributed by atoms with Crippen LogP contribution in [0.25, 0.3) is 0 Å². The molecule has 3 aliphatic rings. The molecule has 21 nitrogen and oxygen atoms in total. The normalized spacial score (nSPS) is 37.9. The molecule has 0 bridgehead atoms. The van der Waals surface area contributed by atoms with E-state index in [-0.39, 0.29) is 25.4 Å². The Morgan fingerprint density at radius 1 is 0.787 bits per heavy atom. The molecule has 3 fully saturated rings. The van der Waals surface area contributed by atoms with Crippen molar-refractivity contribution in [2.24, 2.45) is 0 Å². The fraction of sp³-hybridized carbons (Fsp3) is 1.00. The molecule has 0 spiro atoms. The van der Waals surface area contributed by atoms with Gasteiger partial charge in [-0.05, 0) is 13.3 Å². The van der Waals surface area contributed by atoms with Gasteiger partial charge in [-0.3, -0.25) is 27.1 Å². The van der Waals surface area contributed by atoms with Crippen LogP contribution in [0.5, 0.6) is 0 Å². The van der Waals surface area contributed by atoms with Crippen molar-refractivity contribution in [3.8, 4) is 0 Å². The minimum Gasteiger partial charge on any atom is -0.778 e. The van der Waals surface area contributed by atoms with Gasteiger partial charge >= 0.3 is 7.82 Å². The smallest absolute Gasteiger partial charge is 0.472 e. The first kappa shape index (κ1) is 41.9. The first-order chi connectivity index (χ1) is 21.5. The van der Waals surface area contributed by atoms with Crippen molar-refractivity contribution in [3.63, 3.8) is 0 Å². The maximum Gasteiger partial charge on any atom is 0.472 e. The van der Waals surface area contributed by atoms with E-state index in [1.807, 2.05) is 0 Å². The molecule has 3 heterocycles. The summed E-state index contributed by atoms with van der Waals surface area (Å²) in [6, 6.07) is -1.23. The SMILES string of the molecule is [B][C@H]1C[C@H](OP(=O)([O-])OC[C@H]2O[C@@H](CF)C[C@@H]2OP(=O)(O)OC[C@H]2O[C@@H](C)C[C@@H]2O)[C@@H](COP(=O)([O-])OP(=O)([O-])OP(=O)([O-])CC)O1. The number of phosphoric ester groups is 3. The summed E-state index contributed by atoms with van der Waals surface area (Å²) in [5.41, 5.74) is 0. The van der Waals surface area contributed by atoms with Crippen LogP contribution in [0, 0.1) is 0 Å². The lowest BCUT2D eigenvalue weighted by atomic mass is 9.96. The van der Waals surface area contributed by atoms with Crippen molar-refractivity contribution < 1.29 is 102 Å². The largest absolute Gasteiger partial charge is 0.778 e. The van der Waals surface area contributed by atoms with Crippen molar-refractivity contribution in [3.05, 3.63) is 0 Å². The predicted octanol–water partition coefficient (Wildman–Crippen LogP) is -1.13. The highest BCUT2D eigenvalue weighted by Gasteiger charge is 2.43. The number of hydrogen-bond donors (Lipinski definition) is 2. The Morgan fingerprint density at radius 2 is 1.36 bits per heavy atom. The van der Waals surface area contributed by atoms with Crippen LogP contribution in [0.2, 0.25) is 0 Å². The minimum absolute atomic E-state index is 0.268. The number of aliphatic hydroxyl groups is 1. The summed E-state index contributed by atoms with van der Waals surface area (Å²) in [4.78, 5) is 57.7. The number of aliphatic hydroxyl groups excluding tert-OH is 1. The first-order valence-corrected chi connectivity index (χ1v) is 21.4. The maximum absolute atomic E-state index is 13.3. The second-order valence-electron chi connectivity index (χ2n) is 10.5. The standard InChI is InChI=1S/C19H37BFO21P5/c1-3-43(23,24)41-47(31,32)42-46(29,30)35-10-18-15(6-19(20)38-18)40-45(27,28)34-9-17-14(5-12(7-21)37-17)39-44(25,26)33-8-16-13(22)4-11(2)36-16/h11-19,22H,3-10H2,1-2H3,(H,23,24)(H,25,26)(H,27,28)(H,29,30)(H,31,32)/p-4/t11-,12+,13-,14-,15-,16+,17+,18+,19+/m0/s1. The van der Waals surface area contributed by atoms with Crippen LogP contribution in [-0.2, 0) is 68.3 Å². The number of rotatable bonds is 19. The molecular formula is C19H33BFO21P5-4. The number of hydrogen-bond acceptors (Lipinski definition) is 20. The molecule has 0 saturated carbocycles. The van der Waals surface area contributed by atoms with Gasteiger partial charge < -0.3 is 61.9 Å². The predicted molar refractivity (Wildman–Crippen MR) is 144 cm³/mol. The maximum atomic E-state index is 13.3. The molecule has 3 aliphatic heterocycles. The number of halogens is 1. The lowest BCUT2D eigenvalue weighted by Gasteiger charge is -2.35. The third-order valence-electron chi connectivity index (χ3n) is 6.63. The molecular weight excluding hydrogens is 749 g/mol. The Hall–Kier alpha value is 0.505. The van der Waals surface area contributed by atoms with E-state index in [1.165, 1.54) is 0 Å². The van der Waals surface area contributed by atoms with Crippen molar-refractivity contribution >= 4 is 46.7 Å². The van der Waals surface area contributed by atoms with Gasteiger partial charge in [-0.1, -0.05) is 6.92 Å². The number of ether oxygens (including phenoxy) is 3. The second-order valence-corrected chi connectivity index (χ2v) is 18.5. The molecule has 5 unspecified atom stereocenters. The minimum atomic E-state index is -5.97. The Labute approximate surface area is 269 Å². The van der Waals surface area contributed by atoms with Crippen LogP contribution < -0.4 is 19.6 Å². The van der Waals surface area contributed by atoms with Crippen LogP contribution in [0.3, 0.4) is 0 Å². The summed E-state index contributed by atoms with van der Waals surface area (Å²) < 4.78 is 121. The first-order valence-electron chi connectivity index (χ1n) is 13.8. The van der Waals surface area contributed by atoms with Crippen molar-refractivity contribution in [1.82, 2.24) is 0 Å². The van der Waals surface area contributed by atoms with Crippen molar-refractivity contribution in [2.75, 3.05) is 32.7 Å². The molecule has 274 valence electrons. The monoisotopic (exact) mass is 782 g/mol. The average molecular weight is 782 g/mol. The van der Waals surface area contributed by atoms with Crippen molar-refractivity contribution in [1.29, 1.82) is 0 Å². The van der Waals surface area contributed by atoms with Gasteiger partial charge in [-0.15, -0.1) is 0 Å². The number of alkyl halides is 1. The van der Waals surface area contributed by atoms with Crippen LogP contribution >= 0.6 is 38.9 Å². The molecule has 2 radical (unpaired) electrons. The fourth-order valence-electron chi connectivity index (χ4n) is 4.52. The second kappa shape index (κ2) is 16.9. The van der Waals surface area contributed by atoms with Crippen LogP contribution in [-0.4, -0.2) is 105 Å². The third kappa shape index (κ3) is 13.9.